The van der Waals surface area contributed by atoms with Crippen LogP contribution in [0.3, 0.4) is 0 Å². The average molecular weight is 370 g/mol. The number of benzene rings is 1. The largest absolute Gasteiger partial charge is 0.481 e. The Balaban J connectivity index is 1.81. The second-order valence-corrected chi connectivity index (χ2v) is 8.55. The highest BCUT2D eigenvalue weighted by Crippen LogP contribution is 2.28. The minimum absolute atomic E-state index is 0.0742. The summed E-state index contributed by atoms with van der Waals surface area (Å²) in [5.74, 6) is -1.93. The number of carboxylic acids is 1. The zero-order valence-corrected chi connectivity index (χ0v) is 14.3. The van der Waals surface area contributed by atoms with E-state index in [-0.39, 0.29) is 30.4 Å². The normalized spacial score (nSPS) is 25.6. The Kier molecular flexibility index (Phi) is 4.79. The number of rotatable bonds is 4. The van der Waals surface area contributed by atoms with Gasteiger partial charge in [-0.05, 0) is 24.3 Å². The molecule has 2 atom stereocenters. The molecule has 1 aromatic carbocycles. The number of nitrogens with zero attached hydrogens (tertiary/aromatic N) is 2. The van der Waals surface area contributed by atoms with Crippen LogP contribution in [0.2, 0.25) is 0 Å². The molecule has 0 saturated carbocycles. The van der Waals surface area contributed by atoms with Gasteiger partial charge in [0.2, 0.25) is 0 Å². The Morgan fingerprint density at radius 1 is 1.12 bits per heavy atom. The first-order valence-electron chi connectivity index (χ1n) is 7.99. The molecule has 0 spiro atoms. The highest BCUT2D eigenvalue weighted by Gasteiger charge is 2.48. The van der Waals surface area contributed by atoms with Crippen molar-refractivity contribution in [1.29, 1.82) is 0 Å². The topological polar surface area (TPSA) is 95.0 Å². The van der Waals surface area contributed by atoms with Gasteiger partial charge in [0.25, 0.3) is 5.91 Å². The van der Waals surface area contributed by atoms with E-state index in [0.717, 1.165) is 0 Å². The van der Waals surface area contributed by atoms with Gasteiger partial charge in [-0.2, -0.15) is 0 Å². The Morgan fingerprint density at radius 2 is 1.76 bits per heavy atom. The number of fused-ring (bicyclic) bond motifs is 1. The number of piperazine rings is 1. The van der Waals surface area contributed by atoms with Crippen LogP contribution < -0.4 is 0 Å². The van der Waals surface area contributed by atoms with Crippen molar-refractivity contribution >= 4 is 21.7 Å². The van der Waals surface area contributed by atoms with Crippen LogP contribution in [0, 0.1) is 5.82 Å². The molecule has 136 valence electrons. The highest BCUT2D eigenvalue weighted by molar-refractivity contribution is 7.91. The van der Waals surface area contributed by atoms with Gasteiger partial charge in [0, 0.05) is 31.2 Å². The molecule has 2 fully saturated rings. The van der Waals surface area contributed by atoms with Crippen molar-refractivity contribution in [1.82, 2.24) is 9.80 Å². The number of halogens is 1. The molecule has 0 aliphatic carbocycles. The Bertz CT molecular complexity index is 780. The van der Waals surface area contributed by atoms with Gasteiger partial charge in [-0.25, -0.2) is 12.8 Å². The van der Waals surface area contributed by atoms with Crippen molar-refractivity contribution < 1.29 is 27.5 Å². The summed E-state index contributed by atoms with van der Waals surface area (Å²) in [6, 6.07) is 4.24. The van der Waals surface area contributed by atoms with Crippen LogP contribution in [-0.4, -0.2) is 78.4 Å². The molecule has 7 nitrogen and oxygen atoms in total. The fraction of sp³-hybridized carbons (Fsp3) is 0.500. The predicted molar refractivity (Wildman–Crippen MR) is 87.5 cm³/mol. The average Bonchev–Trinajstić information content (AvgIpc) is 2.87. The Morgan fingerprint density at radius 3 is 2.40 bits per heavy atom. The quantitative estimate of drug-likeness (QED) is 0.815. The summed E-state index contributed by atoms with van der Waals surface area (Å²) in [5, 5.41) is 8.86. The molecular weight excluding hydrogens is 351 g/mol. The van der Waals surface area contributed by atoms with E-state index in [0.29, 0.717) is 18.7 Å². The van der Waals surface area contributed by atoms with Gasteiger partial charge in [-0.15, -0.1) is 0 Å². The maximum absolute atomic E-state index is 13.1. The fourth-order valence-corrected chi connectivity index (χ4v) is 5.56. The second-order valence-electron chi connectivity index (χ2n) is 6.40. The summed E-state index contributed by atoms with van der Waals surface area (Å²) in [6.45, 7) is 0.980. The molecule has 0 bridgehead atoms. The molecule has 2 saturated heterocycles. The molecular formula is C16H19FN2O5S. The molecule has 0 unspecified atom stereocenters. The monoisotopic (exact) mass is 370 g/mol. The molecule has 2 heterocycles. The van der Waals surface area contributed by atoms with Gasteiger partial charge in [0.1, 0.15) is 5.82 Å². The van der Waals surface area contributed by atoms with Gasteiger partial charge in [0.15, 0.2) is 9.84 Å². The number of sulfone groups is 1. The summed E-state index contributed by atoms with van der Waals surface area (Å²) < 4.78 is 37.3. The van der Waals surface area contributed by atoms with E-state index in [4.69, 9.17) is 5.11 Å². The van der Waals surface area contributed by atoms with Crippen LogP contribution in [-0.2, 0) is 14.6 Å². The first-order valence-corrected chi connectivity index (χ1v) is 9.82. The van der Waals surface area contributed by atoms with Crippen LogP contribution in [0.25, 0.3) is 0 Å². The van der Waals surface area contributed by atoms with E-state index in [1.54, 1.807) is 0 Å². The van der Waals surface area contributed by atoms with Crippen LogP contribution >= 0.6 is 0 Å². The summed E-state index contributed by atoms with van der Waals surface area (Å²) >= 11 is 0. The lowest BCUT2D eigenvalue weighted by Gasteiger charge is -2.43. The number of carboxylic acid groups (broad SMARTS) is 1. The van der Waals surface area contributed by atoms with E-state index in [1.165, 1.54) is 29.2 Å². The maximum atomic E-state index is 13.1. The smallest absolute Gasteiger partial charge is 0.304 e. The maximum Gasteiger partial charge on any atom is 0.304 e. The number of amides is 1. The predicted octanol–water partition coefficient (Wildman–Crippen LogP) is 0.224. The highest BCUT2D eigenvalue weighted by atomic mass is 32.2. The van der Waals surface area contributed by atoms with E-state index in [1.807, 2.05) is 4.90 Å². The van der Waals surface area contributed by atoms with Gasteiger partial charge in [0.05, 0.1) is 24.0 Å². The van der Waals surface area contributed by atoms with Crippen LogP contribution in [0.5, 0.6) is 0 Å². The van der Waals surface area contributed by atoms with Crippen molar-refractivity contribution in [2.75, 3.05) is 31.1 Å². The van der Waals surface area contributed by atoms with Gasteiger partial charge < -0.3 is 10.0 Å². The molecule has 1 N–H and O–H groups in total. The minimum atomic E-state index is -3.30. The summed E-state index contributed by atoms with van der Waals surface area (Å²) in [7, 11) is -3.30. The van der Waals surface area contributed by atoms with Crippen molar-refractivity contribution in [2.45, 2.75) is 18.5 Å². The molecule has 2 aliphatic rings. The molecule has 9 heteroatoms. The van der Waals surface area contributed by atoms with Crippen LogP contribution in [0.4, 0.5) is 4.39 Å². The Hall–Kier alpha value is -2.00. The van der Waals surface area contributed by atoms with E-state index < -0.39 is 33.7 Å². The van der Waals surface area contributed by atoms with E-state index in [2.05, 4.69) is 0 Å². The molecule has 25 heavy (non-hydrogen) atoms. The third-order valence-corrected chi connectivity index (χ3v) is 6.45. The lowest BCUT2D eigenvalue weighted by molar-refractivity contribution is -0.137. The SMILES string of the molecule is O=C(O)CCN1CCN(C(=O)c2ccc(F)cc2)[C@@H]2CS(=O)(=O)C[C@@H]21. The number of aliphatic carboxylic acids is 1. The van der Waals surface area contributed by atoms with Crippen LogP contribution in [0.1, 0.15) is 16.8 Å². The molecule has 1 aromatic rings. The van der Waals surface area contributed by atoms with Gasteiger partial charge in [-0.1, -0.05) is 0 Å². The molecule has 2 aliphatic heterocycles. The van der Waals surface area contributed by atoms with Crippen LogP contribution in [0.15, 0.2) is 24.3 Å². The van der Waals surface area contributed by atoms with Crippen molar-refractivity contribution in [3.05, 3.63) is 35.6 Å². The first kappa shape index (κ1) is 17.8. The second kappa shape index (κ2) is 6.72. The lowest BCUT2D eigenvalue weighted by Crippen LogP contribution is -2.60. The number of hydrogen-bond acceptors (Lipinski definition) is 5. The zero-order chi connectivity index (χ0) is 18.2. The third kappa shape index (κ3) is 3.82. The number of carbonyl (C=O) groups is 2. The molecule has 3 rings (SSSR count). The molecule has 0 radical (unpaired) electrons. The van der Waals surface area contributed by atoms with Crippen molar-refractivity contribution in [2.24, 2.45) is 0 Å². The molecule has 1 amide bonds. The van der Waals surface area contributed by atoms with E-state index in [9.17, 15) is 22.4 Å². The first-order chi connectivity index (χ1) is 11.8. The van der Waals surface area contributed by atoms with Gasteiger partial charge in [-0.3, -0.25) is 14.5 Å². The summed E-state index contributed by atoms with van der Waals surface area (Å²) in [6.07, 6.45) is -0.0742. The molecule has 0 aromatic heterocycles. The van der Waals surface area contributed by atoms with Crippen molar-refractivity contribution in [3.8, 4) is 0 Å². The zero-order valence-electron chi connectivity index (χ0n) is 13.5. The standard InChI is InChI=1S/C16H19FN2O5S/c17-12-3-1-11(2-4-12)16(22)19-8-7-18(6-5-15(20)21)13-9-25(23,24)10-14(13)19/h1-4,13-14H,5-10H2,(H,20,21)/t13-,14+/m0/s1. The fourth-order valence-electron chi connectivity index (χ4n) is 3.55. The third-order valence-electron chi connectivity index (χ3n) is 4.76. The Labute approximate surface area is 144 Å². The number of hydrogen-bond donors (Lipinski definition) is 1. The summed E-state index contributed by atoms with van der Waals surface area (Å²) in [5.41, 5.74) is 0.309. The van der Waals surface area contributed by atoms with E-state index >= 15 is 0 Å². The lowest BCUT2D eigenvalue weighted by atomic mass is 10.0. The minimum Gasteiger partial charge on any atom is -0.481 e. The number of carbonyl (C=O) groups excluding carboxylic acids is 1. The van der Waals surface area contributed by atoms with Crippen molar-refractivity contribution in [3.63, 3.8) is 0 Å². The summed E-state index contributed by atoms with van der Waals surface area (Å²) in [4.78, 5) is 26.9. The van der Waals surface area contributed by atoms with Gasteiger partial charge >= 0.3 is 5.97 Å².